The quantitative estimate of drug-likeness (QED) is 0.296. The summed E-state index contributed by atoms with van der Waals surface area (Å²) < 4.78 is 2.06. The number of benzene rings is 1. The van der Waals surface area contributed by atoms with Gasteiger partial charge in [0.15, 0.2) is 0 Å². The number of carbonyl (C=O) groups is 1. The Morgan fingerprint density at radius 2 is 1.82 bits per heavy atom. The Hall–Kier alpha value is -2.97. The third-order valence-corrected chi connectivity index (χ3v) is 7.41. The van der Waals surface area contributed by atoms with Gasteiger partial charge in [0.1, 0.15) is 11.6 Å². The van der Waals surface area contributed by atoms with E-state index >= 15 is 0 Å². The second kappa shape index (κ2) is 14.3. The number of nitrogens with one attached hydrogen (secondary N) is 1. The number of H-pyrrole nitrogens is 1. The van der Waals surface area contributed by atoms with E-state index in [-0.39, 0.29) is 5.91 Å². The van der Waals surface area contributed by atoms with Crippen molar-refractivity contribution < 1.29 is 4.79 Å². The van der Waals surface area contributed by atoms with Gasteiger partial charge < -0.3 is 19.4 Å². The normalized spacial score (nSPS) is 13.9. The number of fused-ring (bicyclic) bond motifs is 1. The summed E-state index contributed by atoms with van der Waals surface area (Å²) in [5.74, 6) is 2.15. The van der Waals surface area contributed by atoms with Gasteiger partial charge in [0.05, 0.1) is 13.1 Å². The van der Waals surface area contributed by atoms with Gasteiger partial charge in [-0.25, -0.2) is 9.97 Å². The number of amides is 1. The Kier molecular flexibility index (Phi) is 10.5. The molecule has 0 bridgehead atoms. The van der Waals surface area contributed by atoms with E-state index in [1.165, 1.54) is 37.1 Å². The van der Waals surface area contributed by atoms with Crippen molar-refractivity contribution in [2.75, 3.05) is 32.7 Å². The number of aromatic nitrogens is 4. The van der Waals surface area contributed by atoms with Crippen LogP contribution in [-0.2, 0) is 33.1 Å². The molecule has 0 saturated heterocycles. The maximum Gasteiger partial charge on any atom is 0.254 e. The first kappa shape index (κ1) is 28.0. The highest BCUT2D eigenvalue weighted by Crippen LogP contribution is 2.22. The minimum Gasteiger partial charge on any atom is -0.348 e. The van der Waals surface area contributed by atoms with Crippen LogP contribution in [0.2, 0.25) is 0 Å². The highest BCUT2D eigenvalue weighted by molar-refractivity contribution is 5.96. The molecule has 1 N–H and O–H groups in total. The van der Waals surface area contributed by atoms with Crippen LogP contribution in [0, 0.1) is 0 Å². The predicted molar refractivity (Wildman–Crippen MR) is 152 cm³/mol. The third-order valence-electron chi connectivity index (χ3n) is 7.41. The third kappa shape index (κ3) is 7.77. The van der Waals surface area contributed by atoms with Gasteiger partial charge in [-0.1, -0.05) is 26.0 Å². The Morgan fingerprint density at radius 3 is 2.53 bits per heavy atom. The van der Waals surface area contributed by atoms with Crippen LogP contribution in [0.15, 0.2) is 43.0 Å². The highest BCUT2D eigenvalue weighted by atomic mass is 16.2. The molecule has 1 aliphatic heterocycles. The first-order valence-corrected chi connectivity index (χ1v) is 14.4. The Balaban J connectivity index is 1.38. The molecule has 38 heavy (non-hydrogen) atoms. The van der Waals surface area contributed by atoms with Crippen LogP contribution in [0.1, 0.15) is 79.1 Å². The number of rotatable bonds is 15. The number of aryl methyl sites for hydroxylation is 2. The van der Waals surface area contributed by atoms with E-state index in [4.69, 9.17) is 0 Å². The van der Waals surface area contributed by atoms with Gasteiger partial charge in [-0.2, -0.15) is 0 Å². The molecule has 8 heteroatoms. The highest BCUT2D eigenvalue weighted by Gasteiger charge is 2.23. The molecule has 0 aliphatic carbocycles. The monoisotopic (exact) mass is 519 g/mol. The van der Waals surface area contributed by atoms with Crippen molar-refractivity contribution in [3.05, 3.63) is 71.3 Å². The molecular formula is C30H45N7O. The van der Waals surface area contributed by atoms with Crippen LogP contribution < -0.4 is 0 Å². The van der Waals surface area contributed by atoms with E-state index in [0.29, 0.717) is 6.54 Å². The average Bonchev–Trinajstić information content (AvgIpc) is 3.53. The van der Waals surface area contributed by atoms with E-state index in [1.54, 1.807) is 6.20 Å². The lowest BCUT2D eigenvalue weighted by atomic mass is 10.00. The molecule has 0 fully saturated rings. The molecule has 0 radical (unpaired) electrons. The molecule has 4 rings (SSSR count). The Morgan fingerprint density at radius 1 is 0.974 bits per heavy atom. The Bertz CT molecular complexity index is 1120. The van der Waals surface area contributed by atoms with Crippen LogP contribution in [0.5, 0.6) is 0 Å². The molecule has 1 aliphatic rings. The smallest absolute Gasteiger partial charge is 0.254 e. The summed E-state index contributed by atoms with van der Waals surface area (Å²) in [7, 11) is 2.03. The zero-order chi connectivity index (χ0) is 26.7. The molecule has 0 spiro atoms. The first-order chi connectivity index (χ1) is 18.6. The summed E-state index contributed by atoms with van der Waals surface area (Å²) in [5, 5.41) is 0. The van der Waals surface area contributed by atoms with E-state index in [2.05, 4.69) is 66.3 Å². The zero-order valence-electron chi connectivity index (χ0n) is 23.5. The summed E-state index contributed by atoms with van der Waals surface area (Å²) in [6.07, 6.45) is 14.1. The van der Waals surface area contributed by atoms with Gasteiger partial charge in [0.2, 0.25) is 0 Å². The molecule has 0 unspecified atom stereocenters. The molecule has 0 saturated carbocycles. The minimum absolute atomic E-state index is 0.198. The number of nitrogens with zero attached hydrogens (tertiary/aromatic N) is 6. The zero-order valence-corrected chi connectivity index (χ0v) is 23.5. The lowest BCUT2D eigenvalue weighted by Gasteiger charge is -2.24. The van der Waals surface area contributed by atoms with E-state index in [1.807, 2.05) is 25.6 Å². The van der Waals surface area contributed by atoms with Crippen molar-refractivity contribution in [1.82, 2.24) is 34.2 Å². The molecule has 3 heterocycles. The second-order valence-corrected chi connectivity index (χ2v) is 10.6. The first-order valence-electron chi connectivity index (χ1n) is 14.4. The molecule has 8 nitrogen and oxygen atoms in total. The molecule has 1 amide bonds. The van der Waals surface area contributed by atoms with Crippen molar-refractivity contribution in [1.29, 1.82) is 0 Å². The molecule has 0 atom stereocenters. The van der Waals surface area contributed by atoms with Crippen LogP contribution in [0.3, 0.4) is 0 Å². The maximum absolute atomic E-state index is 13.4. The van der Waals surface area contributed by atoms with Gasteiger partial charge in [-0.05, 0) is 75.4 Å². The summed E-state index contributed by atoms with van der Waals surface area (Å²) in [5.41, 5.74) is 3.28. The van der Waals surface area contributed by atoms with Crippen LogP contribution >= 0.6 is 0 Å². The second-order valence-electron chi connectivity index (χ2n) is 10.6. The maximum atomic E-state index is 13.4. The van der Waals surface area contributed by atoms with E-state index < -0.39 is 0 Å². The summed E-state index contributed by atoms with van der Waals surface area (Å²) in [4.78, 5) is 32.6. The van der Waals surface area contributed by atoms with E-state index in [9.17, 15) is 4.79 Å². The topological polar surface area (TPSA) is 73.3 Å². The fraction of sp³-hybridized carbons (Fsp3) is 0.567. The van der Waals surface area contributed by atoms with Crippen LogP contribution in [-0.4, -0.2) is 72.8 Å². The number of hydrogen-bond donors (Lipinski definition) is 1. The lowest BCUT2D eigenvalue weighted by Crippen LogP contribution is -2.33. The summed E-state index contributed by atoms with van der Waals surface area (Å²) in [6.45, 7) is 11.9. The van der Waals surface area contributed by atoms with Crippen molar-refractivity contribution in [3.8, 4) is 0 Å². The summed E-state index contributed by atoms with van der Waals surface area (Å²) in [6, 6.07) is 6.43. The van der Waals surface area contributed by atoms with Crippen molar-refractivity contribution >= 4 is 5.91 Å². The summed E-state index contributed by atoms with van der Waals surface area (Å²) >= 11 is 0. The van der Waals surface area contributed by atoms with Crippen molar-refractivity contribution in [2.24, 2.45) is 7.05 Å². The largest absolute Gasteiger partial charge is 0.348 e. The average molecular weight is 520 g/mol. The van der Waals surface area contributed by atoms with Gasteiger partial charge in [0, 0.05) is 57.0 Å². The predicted octanol–water partition coefficient (Wildman–Crippen LogP) is 4.64. The van der Waals surface area contributed by atoms with E-state index in [0.717, 1.165) is 75.6 Å². The molecule has 2 aromatic heterocycles. The fourth-order valence-electron chi connectivity index (χ4n) is 5.48. The SMILES string of the molecule is CCCN(CCC)CCCCN1CCCc2cc(CN(Cc3ncc[nH]3)Cc3nccn3C)ccc2C1=O. The van der Waals surface area contributed by atoms with Crippen molar-refractivity contribution in [3.63, 3.8) is 0 Å². The van der Waals surface area contributed by atoms with Gasteiger partial charge in [-0.3, -0.25) is 9.69 Å². The van der Waals surface area contributed by atoms with Crippen LogP contribution in [0.4, 0.5) is 0 Å². The standard InChI is InChI=1S/C30H45N7O/c1-4-15-35(16-5-2)17-6-7-18-37-19-8-9-26-21-25(10-11-27(26)30(37)38)22-36(23-28-31-12-13-32-28)24-29-33-14-20-34(29)3/h10-14,20-21H,4-9,15-19,22-24H2,1-3H3,(H,31,32). The van der Waals surface area contributed by atoms with Gasteiger partial charge in [0.25, 0.3) is 5.91 Å². The fourth-order valence-corrected chi connectivity index (χ4v) is 5.48. The van der Waals surface area contributed by atoms with Crippen molar-refractivity contribution in [2.45, 2.75) is 72.0 Å². The molecule has 206 valence electrons. The number of unbranched alkanes of at least 4 members (excludes halogenated alkanes) is 1. The molecular weight excluding hydrogens is 474 g/mol. The Labute approximate surface area is 228 Å². The molecule has 3 aromatic rings. The van der Waals surface area contributed by atoms with Gasteiger partial charge in [-0.15, -0.1) is 0 Å². The number of imidazole rings is 2. The minimum atomic E-state index is 0.198. The number of hydrogen-bond acceptors (Lipinski definition) is 5. The number of aromatic amines is 1. The lowest BCUT2D eigenvalue weighted by molar-refractivity contribution is 0.0756. The van der Waals surface area contributed by atoms with Gasteiger partial charge >= 0.3 is 0 Å². The molecule has 1 aromatic carbocycles. The van der Waals surface area contributed by atoms with Crippen LogP contribution in [0.25, 0.3) is 0 Å². The number of carbonyl (C=O) groups excluding carboxylic acids is 1.